The number of anilines is 2. The Bertz CT molecular complexity index is 1170. The second kappa shape index (κ2) is 6.82. The lowest BCUT2D eigenvalue weighted by Gasteiger charge is -2.18. The number of para-hydroxylation sites is 1. The molecule has 148 valence electrons. The fourth-order valence-electron chi connectivity index (χ4n) is 3.67. The van der Waals surface area contributed by atoms with Crippen molar-refractivity contribution in [1.82, 2.24) is 24.9 Å². The smallest absolute Gasteiger partial charge is 0.326 e. The Kier molecular flexibility index (Phi) is 4.13. The van der Waals surface area contributed by atoms with Gasteiger partial charge in [-0.25, -0.2) is 14.4 Å². The predicted octanol–water partition coefficient (Wildman–Crippen LogP) is 2.22. The van der Waals surface area contributed by atoms with E-state index >= 15 is 0 Å². The Morgan fingerprint density at radius 1 is 1.24 bits per heavy atom. The minimum absolute atomic E-state index is 0.121. The second-order valence-electron chi connectivity index (χ2n) is 6.92. The molecule has 2 atom stereocenters. The molecule has 0 bridgehead atoms. The summed E-state index contributed by atoms with van der Waals surface area (Å²) in [5, 5.41) is 4.91. The molecule has 1 fully saturated rings. The first-order valence-corrected chi connectivity index (χ1v) is 9.21. The number of fused-ring (bicyclic) bond motifs is 3. The summed E-state index contributed by atoms with van der Waals surface area (Å²) in [5.41, 5.74) is 8.33. The van der Waals surface area contributed by atoms with Gasteiger partial charge in [-0.2, -0.15) is 9.97 Å². The number of nitrogens with two attached hydrogens (primary N) is 1. The third kappa shape index (κ3) is 2.97. The van der Waals surface area contributed by atoms with Crippen molar-refractivity contribution in [2.24, 2.45) is 5.73 Å². The van der Waals surface area contributed by atoms with Gasteiger partial charge < -0.3 is 25.7 Å². The van der Waals surface area contributed by atoms with E-state index in [-0.39, 0.29) is 12.6 Å². The summed E-state index contributed by atoms with van der Waals surface area (Å²) in [5.74, 6) is 0.989. The number of ether oxygens (including phenoxy) is 1. The van der Waals surface area contributed by atoms with Gasteiger partial charge in [0.2, 0.25) is 0 Å². The number of aromatic amines is 1. The van der Waals surface area contributed by atoms with Crippen LogP contribution in [-0.4, -0.2) is 57.3 Å². The molecule has 0 amide bonds. The van der Waals surface area contributed by atoms with Crippen LogP contribution < -0.4 is 20.7 Å². The molecule has 4 aromatic rings. The summed E-state index contributed by atoms with van der Waals surface area (Å²) in [7, 11) is 1.85. The molecule has 0 spiro atoms. The van der Waals surface area contributed by atoms with Crippen LogP contribution in [0.5, 0.6) is 11.8 Å². The molecule has 4 heterocycles. The maximum absolute atomic E-state index is 14.2. The van der Waals surface area contributed by atoms with Gasteiger partial charge in [0, 0.05) is 19.0 Å². The van der Waals surface area contributed by atoms with E-state index in [1.165, 1.54) is 18.7 Å². The first kappa shape index (κ1) is 17.6. The lowest BCUT2D eigenvalue weighted by atomic mass is 10.1. The van der Waals surface area contributed by atoms with Gasteiger partial charge in [0.05, 0.1) is 41.6 Å². The van der Waals surface area contributed by atoms with E-state index < -0.39 is 12.2 Å². The third-order valence-corrected chi connectivity index (χ3v) is 5.05. The molecule has 1 unspecified atom stereocenters. The number of nitrogens with zero attached hydrogens (tertiary/aromatic N) is 5. The zero-order valence-corrected chi connectivity index (χ0v) is 15.6. The number of rotatable bonds is 4. The number of alkyl halides is 1. The highest BCUT2D eigenvalue weighted by Gasteiger charge is 2.33. The van der Waals surface area contributed by atoms with E-state index in [0.717, 1.165) is 22.0 Å². The van der Waals surface area contributed by atoms with Gasteiger partial charge in [-0.05, 0) is 6.07 Å². The highest BCUT2D eigenvalue weighted by molar-refractivity contribution is 6.14. The first-order chi connectivity index (χ1) is 14.1. The molecule has 10 heteroatoms. The monoisotopic (exact) mass is 394 g/mol. The molecular weight excluding hydrogens is 375 g/mol. The number of hydrogen-bond acceptors (Lipinski definition) is 8. The van der Waals surface area contributed by atoms with Crippen molar-refractivity contribution < 1.29 is 9.13 Å². The van der Waals surface area contributed by atoms with E-state index in [4.69, 9.17) is 10.5 Å². The van der Waals surface area contributed by atoms with Crippen molar-refractivity contribution in [3.05, 3.63) is 36.9 Å². The predicted molar refractivity (Wildman–Crippen MR) is 108 cm³/mol. The Labute approximate surface area is 165 Å². The Hall–Kier alpha value is -3.53. The molecule has 3 aromatic heterocycles. The molecule has 0 radical (unpaired) electrons. The molecule has 0 saturated carbocycles. The standard InChI is InChI=1S/C19H19FN8O/c1-22-14-4-2-3-11-15-17(25-16(11)14)26-19(29-10-5-23-9-24-6-10)27-18(15)28-7-12(20)13(21)8-28/h2-6,9,12-13,22H,7-8,21H2,1H3,(H,25,26,27)/t12?,13-/m1/s1. The van der Waals surface area contributed by atoms with Crippen LogP contribution in [0.1, 0.15) is 0 Å². The summed E-state index contributed by atoms with van der Waals surface area (Å²) < 4.78 is 19.9. The molecule has 9 nitrogen and oxygen atoms in total. The van der Waals surface area contributed by atoms with Gasteiger partial charge >= 0.3 is 6.01 Å². The number of aromatic nitrogens is 5. The van der Waals surface area contributed by atoms with Crippen LogP contribution in [0, 0.1) is 0 Å². The molecule has 1 aromatic carbocycles. The van der Waals surface area contributed by atoms with Gasteiger partial charge in [-0.15, -0.1) is 0 Å². The number of hydrogen-bond donors (Lipinski definition) is 3. The van der Waals surface area contributed by atoms with E-state index in [1.807, 2.05) is 30.1 Å². The average molecular weight is 394 g/mol. The second-order valence-corrected chi connectivity index (χ2v) is 6.92. The van der Waals surface area contributed by atoms with Crippen LogP contribution in [0.3, 0.4) is 0 Å². The SMILES string of the molecule is CNc1cccc2c1[nH]c1nc(Oc3cncnc3)nc(N3CC(F)[C@H](N)C3)c12. The van der Waals surface area contributed by atoms with Crippen LogP contribution in [0.4, 0.5) is 15.9 Å². The summed E-state index contributed by atoms with van der Waals surface area (Å²) in [6, 6.07) is 5.45. The topological polar surface area (TPSA) is 118 Å². The van der Waals surface area contributed by atoms with E-state index in [1.54, 1.807) is 0 Å². The van der Waals surface area contributed by atoms with Crippen LogP contribution >= 0.6 is 0 Å². The van der Waals surface area contributed by atoms with Crippen molar-refractivity contribution in [3.8, 4) is 11.8 Å². The van der Waals surface area contributed by atoms with Gasteiger partial charge in [-0.1, -0.05) is 12.1 Å². The number of benzene rings is 1. The largest absolute Gasteiger partial charge is 0.421 e. The maximum atomic E-state index is 14.2. The normalized spacial score (nSPS) is 19.2. The van der Waals surface area contributed by atoms with Crippen molar-refractivity contribution in [2.45, 2.75) is 12.2 Å². The molecule has 4 N–H and O–H groups in total. The van der Waals surface area contributed by atoms with Crippen LogP contribution in [-0.2, 0) is 0 Å². The Morgan fingerprint density at radius 3 is 2.79 bits per heavy atom. The molecule has 1 aliphatic rings. The third-order valence-electron chi connectivity index (χ3n) is 5.05. The quantitative estimate of drug-likeness (QED) is 0.482. The summed E-state index contributed by atoms with van der Waals surface area (Å²) in [6.45, 7) is 0.527. The maximum Gasteiger partial charge on any atom is 0.326 e. The summed E-state index contributed by atoms with van der Waals surface area (Å²) in [4.78, 5) is 22.2. The lowest BCUT2D eigenvalue weighted by molar-refractivity contribution is 0.333. The summed E-state index contributed by atoms with van der Waals surface area (Å²) in [6.07, 6.45) is 3.33. The molecule has 1 saturated heterocycles. The van der Waals surface area contributed by atoms with E-state index in [2.05, 4.69) is 30.2 Å². The van der Waals surface area contributed by atoms with Gasteiger partial charge in [0.15, 0.2) is 5.75 Å². The first-order valence-electron chi connectivity index (χ1n) is 9.21. The van der Waals surface area contributed by atoms with E-state index in [0.29, 0.717) is 23.8 Å². The number of halogens is 1. The minimum atomic E-state index is -1.12. The fraction of sp³-hybridized carbons (Fsp3) is 0.263. The van der Waals surface area contributed by atoms with Crippen LogP contribution in [0.2, 0.25) is 0 Å². The van der Waals surface area contributed by atoms with Gasteiger partial charge in [-0.3, -0.25) is 0 Å². The minimum Gasteiger partial charge on any atom is -0.421 e. The highest BCUT2D eigenvalue weighted by atomic mass is 19.1. The molecule has 29 heavy (non-hydrogen) atoms. The van der Waals surface area contributed by atoms with Crippen molar-refractivity contribution in [2.75, 3.05) is 30.4 Å². The molecule has 0 aliphatic carbocycles. The summed E-state index contributed by atoms with van der Waals surface area (Å²) >= 11 is 0. The lowest BCUT2D eigenvalue weighted by Crippen LogP contribution is -2.30. The van der Waals surface area contributed by atoms with Crippen LogP contribution in [0.15, 0.2) is 36.9 Å². The average Bonchev–Trinajstić information content (AvgIpc) is 3.27. The molecule has 5 rings (SSSR count). The number of nitrogens with one attached hydrogen (secondary N) is 2. The van der Waals surface area contributed by atoms with Crippen molar-refractivity contribution in [1.29, 1.82) is 0 Å². The van der Waals surface area contributed by atoms with E-state index in [9.17, 15) is 4.39 Å². The zero-order chi connectivity index (χ0) is 20.0. The van der Waals surface area contributed by atoms with Crippen molar-refractivity contribution in [3.63, 3.8) is 0 Å². The number of H-pyrrole nitrogens is 1. The Morgan fingerprint density at radius 2 is 2.07 bits per heavy atom. The molecule has 1 aliphatic heterocycles. The fourth-order valence-corrected chi connectivity index (χ4v) is 3.67. The van der Waals surface area contributed by atoms with Crippen molar-refractivity contribution >= 4 is 33.4 Å². The Balaban J connectivity index is 1.71. The van der Waals surface area contributed by atoms with Gasteiger partial charge in [0.25, 0.3) is 0 Å². The zero-order valence-electron chi connectivity index (χ0n) is 15.6. The molecular formula is C19H19FN8O. The van der Waals surface area contributed by atoms with Gasteiger partial charge in [0.1, 0.15) is 24.0 Å². The van der Waals surface area contributed by atoms with Crippen LogP contribution in [0.25, 0.3) is 21.9 Å². The highest BCUT2D eigenvalue weighted by Crippen LogP contribution is 2.37.